The van der Waals surface area contributed by atoms with Crippen LogP contribution in [0.25, 0.3) is 0 Å². The maximum Gasteiger partial charge on any atom is 0.307 e. The Kier molecular flexibility index (Phi) is 5.94. The van der Waals surface area contributed by atoms with Gasteiger partial charge in [0, 0.05) is 5.03 Å². The van der Waals surface area contributed by atoms with Crippen molar-refractivity contribution in [2.75, 3.05) is 0 Å². The summed E-state index contributed by atoms with van der Waals surface area (Å²) in [5.74, 6) is -0.834. The minimum atomic E-state index is -0.834. The number of hydrogen-bond donors (Lipinski definition) is 1. The summed E-state index contributed by atoms with van der Waals surface area (Å²) in [5.41, 5.74) is 0. The first kappa shape index (κ1) is 10.5. The van der Waals surface area contributed by atoms with Gasteiger partial charge in [-0.15, -0.1) is 0 Å². The van der Waals surface area contributed by atoms with Gasteiger partial charge in [-0.1, -0.05) is 31.0 Å². The molecule has 0 aromatic heterocycles. The van der Waals surface area contributed by atoms with E-state index in [1.54, 1.807) is 6.08 Å². The molecule has 0 aromatic carbocycles. The molecule has 0 heterocycles. The van der Waals surface area contributed by atoms with Crippen molar-refractivity contribution < 1.29 is 9.90 Å². The van der Waals surface area contributed by atoms with E-state index in [1.807, 2.05) is 0 Å². The lowest BCUT2D eigenvalue weighted by molar-refractivity contribution is -0.136. The highest BCUT2D eigenvalue weighted by Crippen LogP contribution is 2.11. The molecule has 0 aromatic rings. The maximum atomic E-state index is 10.1. The topological polar surface area (TPSA) is 37.3 Å². The molecule has 0 spiro atoms. The quantitative estimate of drug-likeness (QED) is 0.700. The number of aliphatic carboxylic acids is 1. The van der Waals surface area contributed by atoms with E-state index in [9.17, 15) is 4.79 Å². The van der Waals surface area contributed by atoms with Gasteiger partial charge in [-0.3, -0.25) is 4.79 Å². The van der Waals surface area contributed by atoms with Crippen LogP contribution in [0.1, 0.15) is 32.6 Å². The van der Waals surface area contributed by atoms with E-state index in [0.29, 0.717) is 5.03 Å². The zero-order valence-electron chi connectivity index (χ0n) is 6.64. The molecule has 0 rings (SSSR count). The Balaban J connectivity index is 3.54. The first-order valence-corrected chi connectivity index (χ1v) is 4.11. The lowest BCUT2D eigenvalue weighted by atomic mass is 10.2. The van der Waals surface area contributed by atoms with Crippen LogP contribution in [0.3, 0.4) is 0 Å². The number of allylic oxidation sites excluding steroid dienone is 1. The van der Waals surface area contributed by atoms with Crippen molar-refractivity contribution in [1.29, 1.82) is 0 Å². The molecule has 3 heteroatoms. The zero-order chi connectivity index (χ0) is 8.69. The molecular weight excluding hydrogens is 164 g/mol. The number of carbonyl (C=O) groups is 1. The number of unbranched alkanes of at least 4 members (excludes halogenated alkanes) is 1. The third-order valence-corrected chi connectivity index (χ3v) is 1.61. The van der Waals surface area contributed by atoms with Gasteiger partial charge in [0.05, 0.1) is 6.42 Å². The van der Waals surface area contributed by atoms with Gasteiger partial charge >= 0.3 is 5.97 Å². The molecule has 0 fully saturated rings. The fraction of sp³-hybridized carbons (Fsp3) is 0.625. The van der Waals surface area contributed by atoms with E-state index in [4.69, 9.17) is 16.7 Å². The molecule has 0 amide bonds. The van der Waals surface area contributed by atoms with Crippen LogP contribution in [0.5, 0.6) is 0 Å². The Bertz CT molecular complexity index is 152. The monoisotopic (exact) mass is 176 g/mol. The van der Waals surface area contributed by atoms with Gasteiger partial charge in [0.2, 0.25) is 0 Å². The molecule has 0 atom stereocenters. The molecule has 64 valence electrons. The predicted molar refractivity (Wildman–Crippen MR) is 45.7 cm³/mol. The van der Waals surface area contributed by atoms with Crippen LogP contribution in [0, 0.1) is 0 Å². The Morgan fingerprint density at radius 3 is 2.73 bits per heavy atom. The van der Waals surface area contributed by atoms with Crippen LogP contribution in [0.4, 0.5) is 0 Å². The Hall–Kier alpha value is -0.500. The SMILES string of the molecule is CCCC/C(Cl)=C/CC(=O)O. The van der Waals surface area contributed by atoms with Crippen LogP contribution >= 0.6 is 11.6 Å². The van der Waals surface area contributed by atoms with Gasteiger partial charge < -0.3 is 5.11 Å². The highest BCUT2D eigenvalue weighted by atomic mass is 35.5. The van der Waals surface area contributed by atoms with Crippen molar-refractivity contribution in [1.82, 2.24) is 0 Å². The second kappa shape index (κ2) is 6.23. The highest BCUT2D eigenvalue weighted by molar-refractivity contribution is 6.29. The fourth-order valence-electron chi connectivity index (χ4n) is 0.646. The van der Waals surface area contributed by atoms with E-state index in [0.717, 1.165) is 19.3 Å². The van der Waals surface area contributed by atoms with Crippen molar-refractivity contribution >= 4 is 17.6 Å². The molecule has 11 heavy (non-hydrogen) atoms. The molecular formula is C8H13ClO2. The maximum absolute atomic E-state index is 10.1. The highest BCUT2D eigenvalue weighted by Gasteiger charge is 1.94. The summed E-state index contributed by atoms with van der Waals surface area (Å²) < 4.78 is 0. The van der Waals surface area contributed by atoms with E-state index >= 15 is 0 Å². The van der Waals surface area contributed by atoms with Crippen molar-refractivity contribution in [2.24, 2.45) is 0 Å². The first-order chi connectivity index (χ1) is 5.16. The third kappa shape index (κ3) is 7.40. The van der Waals surface area contributed by atoms with Crippen LogP contribution in [-0.2, 0) is 4.79 Å². The largest absolute Gasteiger partial charge is 0.481 e. The molecule has 0 unspecified atom stereocenters. The molecule has 0 aliphatic rings. The average molecular weight is 177 g/mol. The standard InChI is InChI=1S/C8H13ClO2/c1-2-3-4-7(9)5-6-8(10)11/h5H,2-4,6H2,1H3,(H,10,11)/b7-5-. The molecule has 2 nitrogen and oxygen atoms in total. The van der Waals surface area contributed by atoms with Crippen molar-refractivity contribution in [3.8, 4) is 0 Å². The van der Waals surface area contributed by atoms with Crippen LogP contribution < -0.4 is 0 Å². The molecule has 0 saturated heterocycles. The summed E-state index contributed by atoms with van der Waals surface area (Å²) in [6, 6.07) is 0. The Morgan fingerprint density at radius 1 is 1.64 bits per heavy atom. The number of carboxylic acids is 1. The molecule has 0 aliphatic carbocycles. The average Bonchev–Trinajstić information content (AvgIpc) is 1.97. The van der Waals surface area contributed by atoms with Crippen molar-refractivity contribution in [3.63, 3.8) is 0 Å². The summed E-state index contributed by atoms with van der Waals surface area (Å²) in [5, 5.41) is 8.95. The summed E-state index contributed by atoms with van der Waals surface area (Å²) in [6.07, 6.45) is 4.49. The number of carboxylic acid groups (broad SMARTS) is 1. The lowest BCUT2D eigenvalue weighted by Crippen LogP contribution is -1.90. The minimum Gasteiger partial charge on any atom is -0.481 e. The molecule has 0 bridgehead atoms. The third-order valence-electron chi connectivity index (χ3n) is 1.27. The second-order valence-corrected chi connectivity index (χ2v) is 2.84. The fourth-order valence-corrected chi connectivity index (χ4v) is 0.857. The Morgan fingerprint density at radius 2 is 2.27 bits per heavy atom. The van der Waals surface area contributed by atoms with Crippen LogP contribution in [0.15, 0.2) is 11.1 Å². The van der Waals surface area contributed by atoms with E-state index in [-0.39, 0.29) is 6.42 Å². The summed E-state index contributed by atoms with van der Waals surface area (Å²) in [6.45, 7) is 2.07. The Labute approximate surface area is 71.9 Å². The second-order valence-electron chi connectivity index (χ2n) is 2.35. The normalized spacial score (nSPS) is 11.6. The predicted octanol–water partition coefficient (Wildman–Crippen LogP) is 2.77. The zero-order valence-corrected chi connectivity index (χ0v) is 7.40. The molecule has 0 radical (unpaired) electrons. The smallest absolute Gasteiger partial charge is 0.307 e. The number of hydrogen-bond acceptors (Lipinski definition) is 1. The van der Waals surface area contributed by atoms with Gasteiger partial charge in [-0.25, -0.2) is 0 Å². The van der Waals surface area contributed by atoms with Crippen molar-refractivity contribution in [3.05, 3.63) is 11.1 Å². The molecule has 1 N–H and O–H groups in total. The van der Waals surface area contributed by atoms with Gasteiger partial charge in [-0.2, -0.15) is 0 Å². The van der Waals surface area contributed by atoms with Gasteiger partial charge in [0.25, 0.3) is 0 Å². The van der Waals surface area contributed by atoms with E-state index in [2.05, 4.69) is 6.92 Å². The van der Waals surface area contributed by atoms with E-state index < -0.39 is 5.97 Å². The first-order valence-electron chi connectivity index (χ1n) is 3.73. The van der Waals surface area contributed by atoms with Crippen LogP contribution in [0.2, 0.25) is 0 Å². The summed E-state index contributed by atoms with van der Waals surface area (Å²) >= 11 is 5.70. The summed E-state index contributed by atoms with van der Waals surface area (Å²) in [7, 11) is 0. The van der Waals surface area contributed by atoms with Gasteiger partial charge in [0.15, 0.2) is 0 Å². The van der Waals surface area contributed by atoms with Gasteiger partial charge in [0.1, 0.15) is 0 Å². The van der Waals surface area contributed by atoms with E-state index in [1.165, 1.54) is 0 Å². The van der Waals surface area contributed by atoms with Gasteiger partial charge in [-0.05, 0) is 12.8 Å². The molecule has 0 aliphatic heterocycles. The van der Waals surface area contributed by atoms with Crippen molar-refractivity contribution in [2.45, 2.75) is 32.6 Å². The summed E-state index contributed by atoms with van der Waals surface area (Å²) in [4.78, 5) is 10.1. The molecule has 0 saturated carbocycles. The minimum absolute atomic E-state index is 0.0303. The number of rotatable bonds is 5. The lowest BCUT2D eigenvalue weighted by Gasteiger charge is -1.94. The van der Waals surface area contributed by atoms with Crippen LogP contribution in [-0.4, -0.2) is 11.1 Å². The number of halogens is 1.